The number of carbonyl (C=O) groups is 4. The van der Waals surface area contributed by atoms with E-state index in [0.29, 0.717) is 72.8 Å². The molecule has 8 rings (SSSR count). The maximum Gasteiger partial charge on any atom is 2.00 e. The molecule has 0 N–H and O–H groups in total. The second kappa shape index (κ2) is 34.7. The number of nitrogens with zero attached hydrogens (tertiary/aromatic N) is 12. The number of carbonyl (C=O) groups excluding carboxylic acids is 4. The Bertz CT molecular complexity index is 3000. The van der Waals surface area contributed by atoms with Gasteiger partial charge in [0.25, 0.3) is 45.5 Å². The molecule has 2 radical (unpaired) electrons. The fraction of sp³-hybridized carbons (Fsp3) is 0. The minimum Gasteiger partial charge on any atom is -0.545 e. The minimum absolute atomic E-state index is 0. The number of carboxylic acid groups (broad SMARTS) is 4. The SMILES string of the molecule is O=C([O-])c1cc([N+](=O)[O-])cc([N+](=O)[O-])c1.O=C([O-])c1cc([N+](=O)[O-])cc([N+](=O)[O-])c1.O=C([O-])c1cc([N+](=O)[O-])cc([N+](=O)[O-])c1.O=C([O-])c1cc([N+](=O)[O-])cc([N+](=O)[O-])c1.[Cu+2].[Cu+2].c1ccc(-c2ccccn2)nc1.c1ccc(-c2ccccn2)nc1. The van der Waals surface area contributed by atoms with Crippen LogP contribution in [0.4, 0.5) is 45.5 Å². The van der Waals surface area contributed by atoms with E-state index in [-0.39, 0.29) is 34.1 Å². The van der Waals surface area contributed by atoms with Gasteiger partial charge in [0.2, 0.25) is 0 Å². The van der Waals surface area contributed by atoms with E-state index >= 15 is 0 Å². The molecule has 86 heavy (non-hydrogen) atoms. The van der Waals surface area contributed by atoms with Crippen molar-refractivity contribution in [2.24, 2.45) is 0 Å². The van der Waals surface area contributed by atoms with Gasteiger partial charge in [-0.2, -0.15) is 0 Å². The van der Waals surface area contributed by atoms with Crippen LogP contribution in [0.2, 0.25) is 0 Å². The summed E-state index contributed by atoms with van der Waals surface area (Å²) >= 11 is 0. The van der Waals surface area contributed by atoms with Gasteiger partial charge in [0.05, 0.1) is 110 Å². The van der Waals surface area contributed by atoms with E-state index in [0.717, 1.165) is 22.8 Å². The van der Waals surface area contributed by atoms with Crippen LogP contribution in [0.1, 0.15) is 41.4 Å². The van der Waals surface area contributed by atoms with Gasteiger partial charge in [-0.1, -0.05) is 24.3 Å². The van der Waals surface area contributed by atoms with E-state index in [9.17, 15) is 121 Å². The number of aromatic carboxylic acids is 4. The van der Waals surface area contributed by atoms with Crippen molar-refractivity contribution < 1.29 is 113 Å². The maximum absolute atomic E-state index is 10.4. The molecule has 4 heterocycles. The van der Waals surface area contributed by atoms with Crippen molar-refractivity contribution in [2.45, 2.75) is 0 Å². The number of aromatic nitrogens is 4. The van der Waals surface area contributed by atoms with E-state index in [1.807, 2.05) is 72.8 Å². The summed E-state index contributed by atoms with van der Waals surface area (Å²) in [5.41, 5.74) is -4.05. The molecule has 0 aliphatic rings. The maximum atomic E-state index is 10.4. The number of hydrogen-bond donors (Lipinski definition) is 0. The average molecular weight is 1280 g/mol. The Morgan fingerprint density at radius 3 is 0.488 bits per heavy atom. The molecule has 0 fully saturated rings. The number of nitro groups is 8. The Morgan fingerprint density at radius 2 is 0.395 bits per heavy atom. The molecular weight excluding hydrogens is 1260 g/mol. The third-order valence-electron chi connectivity index (χ3n) is 9.42. The van der Waals surface area contributed by atoms with Crippen LogP contribution in [0.25, 0.3) is 22.8 Å². The summed E-state index contributed by atoms with van der Waals surface area (Å²) in [7, 11) is 0. The monoisotopic (exact) mass is 1280 g/mol. The first-order valence-electron chi connectivity index (χ1n) is 21.9. The van der Waals surface area contributed by atoms with Crippen molar-refractivity contribution in [2.75, 3.05) is 0 Å². The molecule has 0 atom stereocenters. The summed E-state index contributed by atoms with van der Waals surface area (Å²) in [6.45, 7) is 0. The number of nitro benzene ring substituents is 8. The number of rotatable bonds is 14. The van der Waals surface area contributed by atoms with Crippen LogP contribution in [-0.4, -0.2) is 83.2 Å². The third-order valence-corrected chi connectivity index (χ3v) is 9.42. The Labute approximate surface area is 496 Å². The summed E-state index contributed by atoms with van der Waals surface area (Å²) < 4.78 is 0. The van der Waals surface area contributed by atoms with Crippen LogP contribution in [0.5, 0.6) is 0 Å². The van der Waals surface area contributed by atoms with E-state index in [1.54, 1.807) is 24.8 Å². The Kier molecular flexibility index (Phi) is 28.9. The summed E-state index contributed by atoms with van der Waals surface area (Å²) in [5.74, 6) is -6.83. The van der Waals surface area contributed by atoms with Crippen molar-refractivity contribution >= 4 is 69.4 Å². The second-order valence-electron chi connectivity index (χ2n) is 15.0. The van der Waals surface area contributed by atoms with Crippen LogP contribution < -0.4 is 20.4 Å². The number of pyridine rings is 4. The molecule has 4 aromatic carbocycles. The largest absolute Gasteiger partial charge is 2.00 e. The topological polar surface area (TPSA) is 557 Å². The molecule has 0 spiro atoms. The molecule has 38 heteroatoms. The fourth-order valence-electron chi connectivity index (χ4n) is 5.75. The van der Waals surface area contributed by atoms with Crippen molar-refractivity contribution in [3.63, 3.8) is 0 Å². The van der Waals surface area contributed by atoms with E-state index in [1.165, 1.54) is 0 Å². The fourth-order valence-corrected chi connectivity index (χ4v) is 5.75. The van der Waals surface area contributed by atoms with Crippen LogP contribution in [-0.2, 0) is 34.1 Å². The van der Waals surface area contributed by atoms with Crippen molar-refractivity contribution in [1.82, 2.24) is 19.9 Å². The predicted octanol–water partition coefficient (Wildman–Crippen LogP) is 3.75. The molecule has 446 valence electrons. The van der Waals surface area contributed by atoms with Gasteiger partial charge in [0.15, 0.2) is 0 Å². The first-order valence-corrected chi connectivity index (χ1v) is 21.9. The van der Waals surface area contributed by atoms with Crippen molar-refractivity contribution in [3.8, 4) is 22.8 Å². The van der Waals surface area contributed by atoms with Crippen LogP contribution in [0.15, 0.2) is 170 Å². The molecule has 4 aromatic heterocycles. The van der Waals surface area contributed by atoms with Gasteiger partial charge in [-0.3, -0.25) is 101 Å². The van der Waals surface area contributed by atoms with Crippen molar-refractivity contribution in [3.05, 3.63) is 274 Å². The third kappa shape index (κ3) is 23.4. The summed E-state index contributed by atoms with van der Waals surface area (Å²) in [4.78, 5) is 134. The molecule has 0 saturated carbocycles. The predicted molar refractivity (Wildman–Crippen MR) is 271 cm³/mol. The van der Waals surface area contributed by atoms with Gasteiger partial charge in [-0.05, 0) is 48.5 Å². The minimum atomic E-state index is -1.71. The average Bonchev–Trinajstić information content (AvgIpc) is 3.48. The van der Waals surface area contributed by atoms with E-state index in [2.05, 4.69) is 19.9 Å². The standard InChI is InChI=1S/2C10H8N2.4C7H4N2O6.2Cu/c2*1-3-7-11-9(5-1)10-6-2-4-8-12-10;4*10-7(11)4-1-5(8(12)13)3-6(2-4)9(14)15;;/h2*1-8H;4*1-3H,(H,10,11);;/q;;;;;;2*+2/p-4. The Hall–Kier alpha value is -12.4. The molecule has 0 unspecified atom stereocenters. The van der Waals surface area contributed by atoms with Gasteiger partial charge in [-0.15, -0.1) is 0 Å². The molecule has 36 nitrogen and oxygen atoms in total. The summed E-state index contributed by atoms with van der Waals surface area (Å²) in [5, 5.41) is 124. The first kappa shape index (κ1) is 71.6. The van der Waals surface area contributed by atoms with Gasteiger partial charge < -0.3 is 39.6 Å². The normalized spacial score (nSPS) is 9.40. The molecular formula is C48H28Cu2N12O24. The summed E-state index contributed by atoms with van der Waals surface area (Å²) in [6.07, 6.45) is 7.07. The molecule has 0 saturated heterocycles. The van der Waals surface area contributed by atoms with E-state index in [4.69, 9.17) is 0 Å². The van der Waals surface area contributed by atoms with Gasteiger partial charge in [0, 0.05) is 95.6 Å². The molecule has 0 amide bonds. The number of non-ortho nitro benzene ring substituents is 8. The van der Waals surface area contributed by atoms with Gasteiger partial charge in [-0.25, -0.2) is 0 Å². The van der Waals surface area contributed by atoms with Crippen LogP contribution in [0.3, 0.4) is 0 Å². The molecule has 0 aliphatic carbocycles. The number of carboxylic acids is 4. The van der Waals surface area contributed by atoms with Gasteiger partial charge >= 0.3 is 34.1 Å². The molecule has 0 aliphatic heterocycles. The number of benzene rings is 4. The quantitative estimate of drug-likeness (QED) is 0.0849. The Morgan fingerprint density at radius 1 is 0.256 bits per heavy atom. The summed E-state index contributed by atoms with van der Waals surface area (Å²) in [6, 6.07) is 31.5. The smallest absolute Gasteiger partial charge is 0.545 e. The first-order chi connectivity index (χ1) is 39.6. The zero-order chi connectivity index (χ0) is 62.8. The number of hydrogen-bond acceptors (Lipinski definition) is 28. The molecule has 8 aromatic rings. The molecule has 0 bridgehead atoms. The van der Waals surface area contributed by atoms with Crippen LogP contribution in [0, 0.1) is 80.9 Å². The van der Waals surface area contributed by atoms with Crippen LogP contribution >= 0.6 is 0 Å². The van der Waals surface area contributed by atoms with E-state index < -0.39 is 131 Å². The van der Waals surface area contributed by atoms with Gasteiger partial charge in [0.1, 0.15) is 0 Å². The second-order valence-corrected chi connectivity index (χ2v) is 15.0. The Balaban J connectivity index is 0.000000514. The zero-order valence-corrected chi connectivity index (χ0v) is 43.8. The van der Waals surface area contributed by atoms with Crippen molar-refractivity contribution in [1.29, 1.82) is 0 Å². The zero-order valence-electron chi connectivity index (χ0n) is 41.9.